The van der Waals surface area contributed by atoms with E-state index in [1.807, 2.05) is 25.2 Å². The summed E-state index contributed by atoms with van der Waals surface area (Å²) in [5, 5.41) is 0.800. The van der Waals surface area contributed by atoms with Gasteiger partial charge in [-0.3, -0.25) is 0 Å². The van der Waals surface area contributed by atoms with Crippen molar-refractivity contribution in [3.63, 3.8) is 0 Å². The van der Waals surface area contributed by atoms with Crippen LogP contribution in [0.3, 0.4) is 0 Å². The first kappa shape index (κ1) is 9.40. The summed E-state index contributed by atoms with van der Waals surface area (Å²) in [6.07, 6.45) is 6.77. The zero-order chi connectivity index (χ0) is 9.14. The van der Waals surface area contributed by atoms with E-state index in [1.165, 1.54) is 0 Å². The minimum atomic E-state index is 0.392. The van der Waals surface area contributed by atoms with Crippen LogP contribution >= 0.6 is 11.6 Å². The molecule has 0 radical (unpaired) electrons. The van der Waals surface area contributed by atoms with Crippen molar-refractivity contribution in [2.24, 2.45) is 11.7 Å². The van der Waals surface area contributed by atoms with Crippen molar-refractivity contribution in [3.8, 4) is 0 Å². The Labute approximate surface area is 78.6 Å². The first-order valence-electron chi connectivity index (χ1n) is 4.11. The molecule has 0 saturated carbocycles. The van der Waals surface area contributed by atoms with Gasteiger partial charge in [0.1, 0.15) is 0 Å². The number of allylic oxidation sites excluding steroid dienone is 6. The molecule has 1 unspecified atom stereocenters. The van der Waals surface area contributed by atoms with E-state index in [1.54, 1.807) is 0 Å². The third-order valence-electron chi connectivity index (χ3n) is 2.15. The summed E-state index contributed by atoms with van der Waals surface area (Å²) in [4.78, 5) is 0. The van der Waals surface area contributed by atoms with Crippen LogP contribution in [0.2, 0.25) is 0 Å². The number of hydrogen-bond acceptors (Lipinski definition) is 1. The normalized spacial score (nSPS) is 37.9. The minimum Gasteiger partial charge on any atom is -0.402 e. The highest BCUT2D eigenvalue weighted by Crippen LogP contribution is 2.20. The molecule has 0 aromatic rings. The first-order valence-corrected chi connectivity index (χ1v) is 4.49. The minimum absolute atomic E-state index is 0.392. The van der Waals surface area contributed by atoms with E-state index in [-0.39, 0.29) is 0 Å². The molecular formula is C10H14ClN. The molecule has 12 heavy (non-hydrogen) atoms. The van der Waals surface area contributed by atoms with Crippen molar-refractivity contribution < 1.29 is 0 Å². The van der Waals surface area contributed by atoms with Gasteiger partial charge in [0.15, 0.2) is 0 Å². The Bertz CT molecular complexity index is 261. The molecule has 1 rings (SSSR count). The lowest BCUT2D eigenvalue weighted by molar-refractivity contribution is 0.677. The summed E-state index contributed by atoms with van der Waals surface area (Å²) in [6.45, 7) is 4.12. The topological polar surface area (TPSA) is 26.0 Å². The number of hydrogen-bond donors (Lipinski definition) is 1. The van der Waals surface area contributed by atoms with E-state index in [0.717, 1.165) is 22.7 Å². The first-order chi connectivity index (χ1) is 5.61. The maximum absolute atomic E-state index is 5.89. The van der Waals surface area contributed by atoms with Crippen LogP contribution in [-0.2, 0) is 0 Å². The lowest BCUT2D eigenvalue weighted by atomic mass is 9.98. The fraction of sp³-hybridized carbons (Fsp3) is 0.400. The Balaban J connectivity index is 2.97. The second-order valence-electron chi connectivity index (χ2n) is 3.20. The van der Waals surface area contributed by atoms with Crippen LogP contribution in [0.5, 0.6) is 0 Å². The zero-order valence-electron chi connectivity index (χ0n) is 7.47. The van der Waals surface area contributed by atoms with Gasteiger partial charge in [0.25, 0.3) is 0 Å². The standard InChI is InChI=1S/C10H14ClN/c1-7-3-5-9(11)6-4-8(2)10(7)12/h3,5-6,8H,4,12H2,1-2H3/b5-3-,9-6-,10-7+. The van der Waals surface area contributed by atoms with E-state index in [0.29, 0.717) is 5.92 Å². The molecule has 1 atom stereocenters. The maximum atomic E-state index is 5.89. The summed E-state index contributed by atoms with van der Waals surface area (Å²) in [7, 11) is 0. The van der Waals surface area contributed by atoms with E-state index in [2.05, 4.69) is 6.92 Å². The summed E-state index contributed by atoms with van der Waals surface area (Å²) in [5.74, 6) is 0.392. The Morgan fingerprint density at radius 3 is 2.83 bits per heavy atom. The van der Waals surface area contributed by atoms with Crippen molar-refractivity contribution in [2.45, 2.75) is 20.3 Å². The molecule has 66 valence electrons. The Kier molecular flexibility index (Phi) is 2.99. The third-order valence-corrected chi connectivity index (χ3v) is 2.43. The fourth-order valence-electron chi connectivity index (χ4n) is 1.17. The highest BCUT2D eigenvalue weighted by Gasteiger charge is 2.07. The molecule has 0 saturated heterocycles. The van der Waals surface area contributed by atoms with Crippen LogP contribution in [0.25, 0.3) is 0 Å². The lowest BCUT2D eigenvalue weighted by Crippen LogP contribution is -2.10. The van der Waals surface area contributed by atoms with Gasteiger partial charge < -0.3 is 5.73 Å². The lowest BCUT2D eigenvalue weighted by Gasteiger charge is -2.13. The van der Waals surface area contributed by atoms with Crippen molar-refractivity contribution in [1.29, 1.82) is 0 Å². The van der Waals surface area contributed by atoms with E-state index >= 15 is 0 Å². The molecule has 1 aliphatic carbocycles. The van der Waals surface area contributed by atoms with Gasteiger partial charge in [-0.15, -0.1) is 0 Å². The number of rotatable bonds is 0. The van der Waals surface area contributed by atoms with Crippen LogP contribution < -0.4 is 5.73 Å². The van der Waals surface area contributed by atoms with Crippen LogP contribution in [-0.4, -0.2) is 0 Å². The smallest absolute Gasteiger partial charge is 0.0366 e. The van der Waals surface area contributed by atoms with Crippen LogP contribution in [0.15, 0.2) is 34.5 Å². The summed E-state index contributed by atoms with van der Waals surface area (Å²) in [5.41, 5.74) is 7.98. The molecule has 0 aromatic carbocycles. The van der Waals surface area contributed by atoms with Gasteiger partial charge in [-0.25, -0.2) is 0 Å². The molecule has 0 amide bonds. The van der Waals surface area contributed by atoms with Gasteiger partial charge in [0, 0.05) is 10.7 Å². The summed E-state index contributed by atoms with van der Waals surface area (Å²) >= 11 is 5.88. The Morgan fingerprint density at radius 1 is 1.50 bits per heavy atom. The molecular weight excluding hydrogens is 170 g/mol. The van der Waals surface area contributed by atoms with Gasteiger partial charge in [-0.2, -0.15) is 0 Å². The molecule has 0 aliphatic heterocycles. The fourth-order valence-corrected chi connectivity index (χ4v) is 1.33. The van der Waals surface area contributed by atoms with Crippen LogP contribution in [0.1, 0.15) is 20.3 Å². The van der Waals surface area contributed by atoms with Crippen molar-refractivity contribution >= 4 is 11.6 Å². The molecule has 0 aromatic heterocycles. The average molecular weight is 184 g/mol. The quantitative estimate of drug-likeness (QED) is 0.614. The number of nitrogens with two attached hydrogens (primary N) is 1. The summed E-state index contributed by atoms with van der Waals surface area (Å²) in [6, 6.07) is 0. The summed E-state index contributed by atoms with van der Waals surface area (Å²) < 4.78 is 0. The molecule has 0 fully saturated rings. The van der Waals surface area contributed by atoms with Crippen molar-refractivity contribution in [2.75, 3.05) is 0 Å². The predicted molar refractivity (Wildman–Crippen MR) is 53.7 cm³/mol. The molecule has 0 heterocycles. The van der Waals surface area contributed by atoms with Crippen molar-refractivity contribution in [3.05, 3.63) is 34.5 Å². The second kappa shape index (κ2) is 3.81. The highest BCUT2D eigenvalue weighted by molar-refractivity contribution is 6.31. The molecule has 0 bridgehead atoms. The van der Waals surface area contributed by atoms with Gasteiger partial charge >= 0.3 is 0 Å². The third kappa shape index (κ3) is 2.15. The predicted octanol–water partition coefficient (Wildman–Crippen LogP) is 2.94. The van der Waals surface area contributed by atoms with Crippen LogP contribution in [0.4, 0.5) is 0 Å². The molecule has 2 N–H and O–H groups in total. The Hall–Kier alpha value is -0.690. The molecule has 0 spiro atoms. The second-order valence-corrected chi connectivity index (χ2v) is 3.63. The van der Waals surface area contributed by atoms with Crippen LogP contribution in [0, 0.1) is 5.92 Å². The average Bonchev–Trinajstić information content (AvgIpc) is 2.07. The Morgan fingerprint density at radius 2 is 2.17 bits per heavy atom. The van der Waals surface area contributed by atoms with Crippen molar-refractivity contribution in [1.82, 2.24) is 0 Å². The molecule has 1 aliphatic rings. The largest absolute Gasteiger partial charge is 0.402 e. The highest BCUT2D eigenvalue weighted by atomic mass is 35.5. The maximum Gasteiger partial charge on any atom is 0.0366 e. The molecule has 1 nitrogen and oxygen atoms in total. The SMILES string of the molecule is CC1=C(\N)C(C)C/C=C(Cl)/C=C\1. The zero-order valence-corrected chi connectivity index (χ0v) is 8.23. The monoisotopic (exact) mass is 183 g/mol. The number of halogens is 1. The van der Waals surface area contributed by atoms with E-state index < -0.39 is 0 Å². The van der Waals surface area contributed by atoms with Gasteiger partial charge in [0.2, 0.25) is 0 Å². The van der Waals surface area contributed by atoms with E-state index in [9.17, 15) is 0 Å². The van der Waals surface area contributed by atoms with E-state index in [4.69, 9.17) is 17.3 Å². The molecule has 2 heteroatoms. The van der Waals surface area contributed by atoms with Gasteiger partial charge in [-0.05, 0) is 30.9 Å². The van der Waals surface area contributed by atoms with Gasteiger partial charge in [0.05, 0.1) is 0 Å². The van der Waals surface area contributed by atoms with Gasteiger partial charge in [-0.1, -0.05) is 30.7 Å².